The van der Waals surface area contributed by atoms with Crippen LogP contribution in [0.1, 0.15) is 24.0 Å². The van der Waals surface area contributed by atoms with Gasteiger partial charge in [0, 0.05) is 19.5 Å². The number of nitrogens with zero attached hydrogens (tertiary/aromatic N) is 2. The fourth-order valence-corrected chi connectivity index (χ4v) is 4.19. The van der Waals surface area contributed by atoms with Crippen molar-refractivity contribution in [2.24, 2.45) is 0 Å². The smallest absolute Gasteiger partial charge is 0.260 e. The molecule has 0 radical (unpaired) electrons. The molecule has 0 aromatic heterocycles. The number of likely N-dealkylation sites (tertiary alicyclic amines) is 1. The van der Waals surface area contributed by atoms with Gasteiger partial charge in [0.25, 0.3) is 5.91 Å². The molecule has 3 heterocycles. The maximum Gasteiger partial charge on any atom is 0.260 e. The SMILES string of the molecule is Cc1cccc(OCC(=O)N2CC[C@@]34OCCN3C(=O)C[C@@H]24)c1C. The lowest BCUT2D eigenvalue weighted by molar-refractivity contribution is -0.140. The Bertz CT molecular complexity index is 704. The third-order valence-corrected chi connectivity index (χ3v) is 5.63. The van der Waals surface area contributed by atoms with Gasteiger partial charge in [0.2, 0.25) is 5.91 Å². The number of hydrogen-bond acceptors (Lipinski definition) is 4. The quantitative estimate of drug-likeness (QED) is 0.837. The van der Waals surface area contributed by atoms with Gasteiger partial charge in [-0.25, -0.2) is 0 Å². The second-order valence-electron chi connectivity index (χ2n) is 6.78. The molecule has 4 rings (SSSR count). The van der Waals surface area contributed by atoms with Gasteiger partial charge in [-0.2, -0.15) is 0 Å². The average molecular weight is 330 g/mol. The van der Waals surface area contributed by atoms with Crippen molar-refractivity contribution < 1.29 is 19.1 Å². The molecule has 0 unspecified atom stereocenters. The molecule has 2 atom stereocenters. The Morgan fingerprint density at radius 3 is 3.04 bits per heavy atom. The van der Waals surface area contributed by atoms with Crippen molar-refractivity contribution in [3.05, 3.63) is 29.3 Å². The lowest BCUT2D eigenvalue weighted by Crippen LogP contribution is -2.49. The molecule has 1 spiro atoms. The van der Waals surface area contributed by atoms with E-state index in [1.807, 2.05) is 36.9 Å². The van der Waals surface area contributed by atoms with Gasteiger partial charge in [0.05, 0.1) is 19.1 Å². The molecule has 0 N–H and O–H groups in total. The van der Waals surface area contributed by atoms with Gasteiger partial charge in [-0.05, 0) is 31.0 Å². The van der Waals surface area contributed by atoms with Crippen LogP contribution in [0.25, 0.3) is 0 Å². The van der Waals surface area contributed by atoms with Gasteiger partial charge in [0.1, 0.15) is 5.75 Å². The standard InChI is InChI=1S/C18H22N2O4/c1-12-4-3-5-14(13(12)2)23-11-17(22)19-7-6-18-15(19)10-16(21)20(18)8-9-24-18/h3-5,15H,6-11H2,1-2H3/t15-,18+/m1/s1. The summed E-state index contributed by atoms with van der Waals surface area (Å²) in [6.45, 7) is 5.80. The fourth-order valence-electron chi connectivity index (χ4n) is 4.19. The number of benzene rings is 1. The van der Waals surface area contributed by atoms with Crippen molar-refractivity contribution in [2.75, 3.05) is 26.3 Å². The Morgan fingerprint density at radius 2 is 2.21 bits per heavy atom. The van der Waals surface area contributed by atoms with Crippen LogP contribution in [0.5, 0.6) is 5.75 Å². The Hall–Kier alpha value is -2.08. The van der Waals surface area contributed by atoms with Gasteiger partial charge >= 0.3 is 0 Å². The molecule has 3 fully saturated rings. The molecule has 0 aliphatic carbocycles. The summed E-state index contributed by atoms with van der Waals surface area (Å²) in [6.07, 6.45) is 1.05. The second-order valence-corrected chi connectivity index (χ2v) is 6.78. The zero-order chi connectivity index (χ0) is 16.9. The minimum absolute atomic E-state index is 0.00887. The summed E-state index contributed by atoms with van der Waals surface area (Å²) < 4.78 is 11.7. The van der Waals surface area contributed by atoms with E-state index in [2.05, 4.69) is 0 Å². The number of carbonyl (C=O) groups is 2. The van der Waals surface area contributed by atoms with Crippen molar-refractivity contribution in [2.45, 2.75) is 38.5 Å². The average Bonchev–Trinajstić information content (AvgIpc) is 3.20. The second kappa shape index (κ2) is 5.48. The van der Waals surface area contributed by atoms with Gasteiger partial charge in [-0.15, -0.1) is 0 Å². The Kier molecular flexibility index (Phi) is 3.53. The number of hydrogen-bond donors (Lipinski definition) is 0. The molecule has 24 heavy (non-hydrogen) atoms. The number of amides is 2. The van der Waals surface area contributed by atoms with E-state index in [1.54, 1.807) is 4.90 Å². The molecule has 0 saturated carbocycles. The summed E-state index contributed by atoms with van der Waals surface area (Å²) in [7, 11) is 0. The van der Waals surface area contributed by atoms with E-state index in [4.69, 9.17) is 9.47 Å². The first-order valence-electron chi connectivity index (χ1n) is 8.46. The van der Waals surface area contributed by atoms with Crippen LogP contribution in [0.4, 0.5) is 0 Å². The molecule has 0 bridgehead atoms. The highest BCUT2D eigenvalue weighted by Gasteiger charge is 2.62. The fraction of sp³-hybridized carbons (Fsp3) is 0.556. The van der Waals surface area contributed by atoms with Crippen LogP contribution in [0.2, 0.25) is 0 Å². The number of ether oxygens (including phenoxy) is 2. The summed E-state index contributed by atoms with van der Waals surface area (Å²) in [6, 6.07) is 5.64. The van der Waals surface area contributed by atoms with E-state index in [0.29, 0.717) is 32.5 Å². The highest BCUT2D eigenvalue weighted by Crippen LogP contribution is 2.45. The third kappa shape index (κ3) is 2.13. The number of carbonyl (C=O) groups excluding carboxylic acids is 2. The third-order valence-electron chi connectivity index (χ3n) is 5.63. The summed E-state index contributed by atoms with van der Waals surface area (Å²) in [5, 5.41) is 0. The van der Waals surface area contributed by atoms with Crippen LogP contribution < -0.4 is 4.74 Å². The van der Waals surface area contributed by atoms with Crippen LogP contribution in [0.15, 0.2) is 18.2 Å². The van der Waals surface area contributed by atoms with Crippen molar-refractivity contribution in [3.8, 4) is 5.75 Å². The summed E-state index contributed by atoms with van der Waals surface area (Å²) in [5.74, 6) is 0.742. The molecular weight excluding hydrogens is 308 g/mol. The molecule has 1 aromatic rings. The van der Waals surface area contributed by atoms with Gasteiger partial charge in [0.15, 0.2) is 12.3 Å². The van der Waals surface area contributed by atoms with Gasteiger partial charge in [-0.1, -0.05) is 12.1 Å². The lowest BCUT2D eigenvalue weighted by atomic mass is 10.1. The first-order chi connectivity index (χ1) is 11.5. The van der Waals surface area contributed by atoms with Crippen LogP contribution in [-0.2, 0) is 14.3 Å². The van der Waals surface area contributed by atoms with Crippen LogP contribution >= 0.6 is 0 Å². The summed E-state index contributed by atoms with van der Waals surface area (Å²) in [4.78, 5) is 28.4. The Morgan fingerprint density at radius 1 is 1.38 bits per heavy atom. The molecule has 6 heteroatoms. The van der Waals surface area contributed by atoms with Crippen molar-refractivity contribution >= 4 is 11.8 Å². The predicted molar refractivity (Wildman–Crippen MR) is 86.5 cm³/mol. The van der Waals surface area contributed by atoms with E-state index in [0.717, 1.165) is 16.9 Å². The zero-order valence-electron chi connectivity index (χ0n) is 14.1. The maximum absolute atomic E-state index is 12.7. The monoisotopic (exact) mass is 330 g/mol. The van der Waals surface area contributed by atoms with E-state index in [-0.39, 0.29) is 24.5 Å². The van der Waals surface area contributed by atoms with E-state index < -0.39 is 5.72 Å². The summed E-state index contributed by atoms with van der Waals surface area (Å²) in [5.41, 5.74) is 1.60. The number of aryl methyl sites for hydroxylation is 1. The van der Waals surface area contributed by atoms with Crippen molar-refractivity contribution in [1.29, 1.82) is 0 Å². The molecular formula is C18H22N2O4. The normalized spacial score (nSPS) is 28.2. The maximum atomic E-state index is 12.7. The molecule has 3 aliphatic rings. The minimum atomic E-state index is -0.577. The Balaban J connectivity index is 1.46. The molecule has 3 aliphatic heterocycles. The molecule has 128 valence electrons. The highest BCUT2D eigenvalue weighted by atomic mass is 16.5. The lowest BCUT2D eigenvalue weighted by Gasteiger charge is -2.31. The van der Waals surface area contributed by atoms with Crippen LogP contribution in [-0.4, -0.2) is 59.7 Å². The highest BCUT2D eigenvalue weighted by molar-refractivity contribution is 5.85. The van der Waals surface area contributed by atoms with Crippen LogP contribution in [0, 0.1) is 13.8 Å². The summed E-state index contributed by atoms with van der Waals surface area (Å²) >= 11 is 0. The molecule has 2 amide bonds. The van der Waals surface area contributed by atoms with E-state index >= 15 is 0 Å². The minimum Gasteiger partial charge on any atom is -0.483 e. The molecule has 1 aromatic carbocycles. The van der Waals surface area contributed by atoms with E-state index in [1.165, 1.54) is 0 Å². The molecule has 6 nitrogen and oxygen atoms in total. The van der Waals surface area contributed by atoms with Crippen LogP contribution in [0.3, 0.4) is 0 Å². The Labute approximate surface area is 141 Å². The number of rotatable bonds is 3. The first-order valence-corrected chi connectivity index (χ1v) is 8.46. The topological polar surface area (TPSA) is 59.1 Å². The van der Waals surface area contributed by atoms with E-state index in [9.17, 15) is 9.59 Å². The van der Waals surface area contributed by atoms with Crippen molar-refractivity contribution in [1.82, 2.24) is 9.80 Å². The zero-order valence-corrected chi connectivity index (χ0v) is 14.1. The van der Waals surface area contributed by atoms with Gasteiger partial charge < -0.3 is 19.3 Å². The predicted octanol–water partition coefficient (Wildman–Crippen LogP) is 1.24. The van der Waals surface area contributed by atoms with Gasteiger partial charge in [-0.3, -0.25) is 9.59 Å². The van der Waals surface area contributed by atoms with Crippen molar-refractivity contribution in [3.63, 3.8) is 0 Å². The first kappa shape index (κ1) is 15.4. The molecule has 3 saturated heterocycles. The largest absolute Gasteiger partial charge is 0.483 e.